The van der Waals surface area contributed by atoms with Gasteiger partial charge in [-0.3, -0.25) is 4.99 Å². The van der Waals surface area contributed by atoms with Gasteiger partial charge in [0.15, 0.2) is 5.96 Å². The Balaban J connectivity index is 0.00000261. The molecule has 27 heavy (non-hydrogen) atoms. The topological polar surface area (TPSA) is 45.5 Å². The fourth-order valence-electron chi connectivity index (χ4n) is 3.03. The van der Waals surface area contributed by atoms with Crippen LogP contribution < -0.4 is 5.32 Å². The summed E-state index contributed by atoms with van der Waals surface area (Å²) in [6.45, 7) is 5.13. The summed E-state index contributed by atoms with van der Waals surface area (Å²) < 4.78 is 14.8. The maximum atomic E-state index is 13.0. The Kier molecular flexibility index (Phi) is 8.88. The van der Waals surface area contributed by atoms with E-state index in [0.29, 0.717) is 5.25 Å². The van der Waals surface area contributed by atoms with Crippen LogP contribution in [0.3, 0.4) is 0 Å². The van der Waals surface area contributed by atoms with Crippen molar-refractivity contribution in [2.45, 2.75) is 25.0 Å². The molecule has 1 aliphatic rings. The Morgan fingerprint density at radius 1 is 1.33 bits per heavy atom. The second kappa shape index (κ2) is 10.9. The van der Waals surface area contributed by atoms with E-state index in [9.17, 15) is 4.39 Å². The van der Waals surface area contributed by atoms with Gasteiger partial charge in [-0.1, -0.05) is 6.92 Å². The van der Waals surface area contributed by atoms with Crippen molar-refractivity contribution in [3.8, 4) is 5.69 Å². The fraction of sp³-hybridized carbons (Fsp3) is 0.474. The van der Waals surface area contributed by atoms with Gasteiger partial charge in [-0.2, -0.15) is 16.9 Å². The highest BCUT2D eigenvalue weighted by molar-refractivity contribution is 14.0. The van der Waals surface area contributed by atoms with Crippen molar-refractivity contribution >= 4 is 41.7 Å². The minimum Gasteiger partial charge on any atom is -0.356 e. The highest BCUT2D eigenvalue weighted by Gasteiger charge is 2.21. The lowest BCUT2D eigenvalue weighted by Crippen LogP contribution is -2.48. The number of hydrogen-bond acceptors (Lipinski definition) is 3. The lowest BCUT2D eigenvalue weighted by atomic mass is 10.3. The molecule has 2 aromatic rings. The largest absolute Gasteiger partial charge is 0.356 e. The molecule has 148 valence electrons. The van der Waals surface area contributed by atoms with Crippen LogP contribution in [0.5, 0.6) is 0 Å². The van der Waals surface area contributed by atoms with Gasteiger partial charge >= 0.3 is 0 Å². The molecule has 0 spiro atoms. The van der Waals surface area contributed by atoms with E-state index >= 15 is 0 Å². The predicted octanol–water partition coefficient (Wildman–Crippen LogP) is 3.57. The number of halogens is 2. The maximum absolute atomic E-state index is 13.0. The highest BCUT2D eigenvalue weighted by atomic mass is 127. The predicted molar refractivity (Wildman–Crippen MR) is 122 cm³/mol. The molecule has 1 atom stereocenters. The first-order chi connectivity index (χ1) is 12.7. The molecule has 0 bridgehead atoms. The summed E-state index contributed by atoms with van der Waals surface area (Å²) in [5.74, 6) is 1.89. The van der Waals surface area contributed by atoms with Gasteiger partial charge in [-0.15, -0.1) is 24.0 Å². The van der Waals surface area contributed by atoms with Crippen LogP contribution >= 0.6 is 35.7 Å². The number of thioether (sulfide) groups is 1. The SMILES string of the molecule is CCC1CN(C(=NC)NCCc2ccn(-c3ccc(F)cc3)n2)CCS1.I. The Bertz CT molecular complexity index is 734. The summed E-state index contributed by atoms with van der Waals surface area (Å²) in [5, 5.41) is 8.71. The van der Waals surface area contributed by atoms with E-state index in [1.54, 1.807) is 16.8 Å². The van der Waals surface area contributed by atoms with Gasteiger partial charge in [0, 0.05) is 50.3 Å². The number of nitrogens with one attached hydrogen (secondary N) is 1. The molecule has 1 saturated heterocycles. The molecule has 0 amide bonds. The van der Waals surface area contributed by atoms with Gasteiger partial charge in [0.1, 0.15) is 5.82 Å². The monoisotopic (exact) mass is 503 g/mol. The van der Waals surface area contributed by atoms with Crippen LogP contribution in [0.15, 0.2) is 41.5 Å². The second-order valence-electron chi connectivity index (χ2n) is 6.30. The molecule has 0 aliphatic carbocycles. The van der Waals surface area contributed by atoms with Crippen LogP contribution in [0.4, 0.5) is 4.39 Å². The summed E-state index contributed by atoms with van der Waals surface area (Å²) in [4.78, 5) is 6.78. The van der Waals surface area contributed by atoms with Gasteiger partial charge in [0.05, 0.1) is 11.4 Å². The molecule has 2 heterocycles. The first-order valence-electron chi connectivity index (χ1n) is 9.07. The molecule has 1 aliphatic heterocycles. The van der Waals surface area contributed by atoms with Crippen LogP contribution in [0.1, 0.15) is 19.0 Å². The minimum absolute atomic E-state index is 0. The lowest BCUT2D eigenvalue weighted by molar-refractivity contribution is 0.408. The van der Waals surface area contributed by atoms with E-state index in [1.807, 2.05) is 19.3 Å². The standard InChI is InChI=1S/C19H26FN5S.HI/c1-3-18-14-24(12-13-26-18)19(21-2)22-10-8-16-9-11-25(23-16)17-6-4-15(20)5-7-17;/h4-7,9,11,18H,3,8,10,12-14H2,1-2H3,(H,21,22);1H. The third kappa shape index (κ3) is 6.10. The molecule has 1 unspecified atom stereocenters. The van der Waals surface area contributed by atoms with Crippen LogP contribution in [-0.2, 0) is 6.42 Å². The Hall–Kier alpha value is -1.29. The number of hydrogen-bond donors (Lipinski definition) is 1. The van der Waals surface area contributed by atoms with Crippen molar-refractivity contribution in [1.29, 1.82) is 0 Å². The van der Waals surface area contributed by atoms with Crippen molar-refractivity contribution < 1.29 is 4.39 Å². The van der Waals surface area contributed by atoms with E-state index in [4.69, 9.17) is 0 Å². The van der Waals surface area contributed by atoms with Crippen molar-refractivity contribution in [1.82, 2.24) is 20.0 Å². The molecule has 0 saturated carbocycles. The zero-order valence-electron chi connectivity index (χ0n) is 15.8. The number of benzene rings is 1. The number of nitrogens with zero attached hydrogens (tertiary/aromatic N) is 4. The zero-order chi connectivity index (χ0) is 18.4. The van der Waals surface area contributed by atoms with Crippen molar-refractivity contribution in [3.63, 3.8) is 0 Å². The molecule has 1 aromatic heterocycles. The maximum Gasteiger partial charge on any atom is 0.193 e. The number of aromatic nitrogens is 2. The van der Waals surface area contributed by atoms with Crippen LogP contribution in [0.2, 0.25) is 0 Å². The molecule has 5 nitrogen and oxygen atoms in total. The van der Waals surface area contributed by atoms with E-state index in [-0.39, 0.29) is 29.8 Å². The van der Waals surface area contributed by atoms with Gasteiger partial charge in [-0.05, 0) is 36.8 Å². The summed E-state index contributed by atoms with van der Waals surface area (Å²) >= 11 is 2.06. The Labute approximate surface area is 181 Å². The van der Waals surface area contributed by atoms with Crippen LogP contribution in [0.25, 0.3) is 5.69 Å². The number of rotatable bonds is 5. The summed E-state index contributed by atoms with van der Waals surface area (Å²) in [6, 6.07) is 8.35. The van der Waals surface area contributed by atoms with E-state index < -0.39 is 0 Å². The van der Waals surface area contributed by atoms with Crippen molar-refractivity contribution in [2.24, 2.45) is 4.99 Å². The molecule has 1 N–H and O–H groups in total. The normalized spacial score (nSPS) is 17.5. The molecule has 1 aromatic carbocycles. The van der Waals surface area contributed by atoms with Crippen molar-refractivity contribution in [3.05, 3.63) is 48.0 Å². The van der Waals surface area contributed by atoms with E-state index in [1.165, 1.54) is 18.6 Å². The second-order valence-corrected chi connectivity index (χ2v) is 7.71. The highest BCUT2D eigenvalue weighted by Crippen LogP contribution is 2.21. The van der Waals surface area contributed by atoms with Gasteiger partial charge in [0.25, 0.3) is 0 Å². The fourth-order valence-corrected chi connectivity index (χ4v) is 4.21. The third-order valence-corrected chi connectivity index (χ3v) is 5.88. The van der Waals surface area contributed by atoms with Gasteiger partial charge in [0.2, 0.25) is 0 Å². The van der Waals surface area contributed by atoms with E-state index in [2.05, 4.69) is 39.0 Å². The molecular weight excluding hydrogens is 476 g/mol. The minimum atomic E-state index is -0.238. The molecule has 1 fully saturated rings. The Morgan fingerprint density at radius 2 is 2.11 bits per heavy atom. The lowest BCUT2D eigenvalue weighted by Gasteiger charge is -2.34. The molecular formula is C19H27FIN5S. The van der Waals surface area contributed by atoms with Crippen LogP contribution in [0, 0.1) is 5.82 Å². The summed E-state index contributed by atoms with van der Waals surface area (Å²) in [7, 11) is 1.84. The summed E-state index contributed by atoms with van der Waals surface area (Å²) in [5.41, 5.74) is 1.86. The van der Waals surface area contributed by atoms with Crippen molar-refractivity contribution in [2.75, 3.05) is 32.4 Å². The molecule has 3 rings (SSSR count). The zero-order valence-corrected chi connectivity index (χ0v) is 18.9. The first-order valence-corrected chi connectivity index (χ1v) is 10.1. The number of guanidine groups is 1. The summed E-state index contributed by atoms with van der Waals surface area (Å²) in [6.07, 6.45) is 3.91. The first kappa shape index (κ1) is 22.0. The molecule has 8 heteroatoms. The quantitative estimate of drug-likeness (QED) is 0.385. The smallest absolute Gasteiger partial charge is 0.193 e. The average molecular weight is 503 g/mol. The van der Waals surface area contributed by atoms with Gasteiger partial charge in [-0.25, -0.2) is 9.07 Å². The third-order valence-electron chi connectivity index (χ3n) is 4.51. The number of aliphatic imine (C=N–C) groups is 1. The van der Waals surface area contributed by atoms with Gasteiger partial charge < -0.3 is 10.2 Å². The van der Waals surface area contributed by atoms with E-state index in [0.717, 1.165) is 49.1 Å². The average Bonchev–Trinajstić information content (AvgIpc) is 3.15. The van der Waals surface area contributed by atoms with Crippen LogP contribution in [-0.4, -0.2) is 58.3 Å². The Morgan fingerprint density at radius 3 is 2.81 bits per heavy atom. The molecule has 0 radical (unpaired) electrons.